The molecule has 2 atom stereocenters. The lowest BCUT2D eigenvalue weighted by Crippen LogP contribution is -2.17. The molecule has 19 heteroatoms. The first-order valence-corrected chi connectivity index (χ1v) is 21.6. The zero-order valence-corrected chi connectivity index (χ0v) is 36.1. The molecule has 11 rings (SSSR count). The van der Waals surface area contributed by atoms with Gasteiger partial charge >= 0.3 is 18.3 Å². The van der Waals surface area contributed by atoms with Gasteiger partial charge in [-0.2, -0.15) is 9.97 Å². The van der Waals surface area contributed by atoms with Crippen molar-refractivity contribution < 1.29 is 50.8 Å². The van der Waals surface area contributed by atoms with Crippen LogP contribution in [0.5, 0.6) is 17.5 Å². The molecule has 2 aliphatic rings. The number of halogens is 3. The van der Waals surface area contributed by atoms with E-state index in [-0.39, 0.29) is 42.0 Å². The van der Waals surface area contributed by atoms with Crippen LogP contribution in [0.4, 0.5) is 13.2 Å². The molecule has 68 heavy (non-hydrogen) atoms. The molecule has 0 bridgehead atoms. The summed E-state index contributed by atoms with van der Waals surface area (Å²) in [4.78, 5) is 51.0. The van der Waals surface area contributed by atoms with Crippen molar-refractivity contribution in [1.29, 1.82) is 0 Å². The molecule has 2 N–H and O–H groups in total. The fourth-order valence-corrected chi connectivity index (χ4v) is 9.29. The van der Waals surface area contributed by atoms with Crippen molar-refractivity contribution in [3.63, 3.8) is 0 Å². The minimum atomic E-state index is -4.94. The number of carbonyl (C=O) groups excluding carboxylic acids is 2. The fraction of sp³-hybridized carbons (Fsp3) is 0.224. The minimum absolute atomic E-state index is 0.0213. The monoisotopic (exact) mass is 922 g/mol. The zero-order chi connectivity index (χ0) is 46.7. The number of alkyl halides is 3. The number of aromatic nitrogens is 8. The van der Waals surface area contributed by atoms with E-state index < -0.39 is 24.1 Å². The van der Waals surface area contributed by atoms with Crippen LogP contribution in [0.1, 0.15) is 60.0 Å². The number of pyridine rings is 2. The number of methoxy groups -OCH3 is 2. The van der Waals surface area contributed by atoms with E-state index in [0.29, 0.717) is 58.6 Å². The van der Waals surface area contributed by atoms with Crippen molar-refractivity contribution in [1.82, 2.24) is 40.2 Å². The SMILES string of the molecule is COc1ccc(-c2cc(OC(F)(F)F)cc(-c3nc(-c4ccc5[nH]c6c(c5c4)CCC6CC(=O)OC(=O)CC4CCc5c4[nH]c4ccc(-c6noc(-c7ccc(OC)nc7)n6)cc54)no3)c2)cn1. The Morgan fingerprint density at radius 1 is 0.632 bits per heavy atom. The highest BCUT2D eigenvalue weighted by Gasteiger charge is 2.34. The maximum Gasteiger partial charge on any atom is 0.573 e. The fourth-order valence-electron chi connectivity index (χ4n) is 9.29. The summed E-state index contributed by atoms with van der Waals surface area (Å²) in [6.07, 6.45) is 1.04. The summed E-state index contributed by atoms with van der Waals surface area (Å²) in [5.41, 5.74) is 8.88. The quantitative estimate of drug-likeness (QED) is 0.0864. The topological polar surface area (TPSA) is 206 Å². The van der Waals surface area contributed by atoms with Crippen molar-refractivity contribution in [2.45, 2.75) is 56.7 Å². The number of nitrogens with zero attached hydrogens (tertiary/aromatic N) is 6. The van der Waals surface area contributed by atoms with Crippen LogP contribution in [0, 0.1) is 0 Å². The maximum atomic E-state index is 13.3. The van der Waals surface area contributed by atoms with Crippen LogP contribution in [-0.4, -0.2) is 72.7 Å². The summed E-state index contributed by atoms with van der Waals surface area (Å²) in [6.45, 7) is 0. The van der Waals surface area contributed by atoms with Gasteiger partial charge in [0.05, 0.1) is 32.6 Å². The van der Waals surface area contributed by atoms with Crippen LogP contribution in [0.2, 0.25) is 0 Å². The minimum Gasteiger partial charge on any atom is -0.481 e. The molecule has 0 spiro atoms. The Morgan fingerprint density at radius 3 is 1.63 bits per heavy atom. The van der Waals surface area contributed by atoms with Gasteiger partial charge in [-0.3, -0.25) is 9.59 Å². The van der Waals surface area contributed by atoms with Crippen molar-refractivity contribution in [2.24, 2.45) is 0 Å². The Morgan fingerprint density at radius 2 is 1.13 bits per heavy atom. The standard InChI is InChI=1S/C49H37F3N8O8/c1-63-39-13-7-28(22-53-39)30-15-31(17-32(16-30)66-49(50,51)52)48-58-46(60-68-48)27-6-12-38-36(19-27)34-10-4-25(44(34)56-38)21-42(62)65-41(61)20-24-3-9-33-35-18-26(5-11-37(35)55-43(24)33)45-57-47(67-59-45)29-8-14-40(64-2)54-23-29/h5-8,11-19,22-25,55-56H,3-4,9-10,20-21H2,1-2H3. The molecule has 3 aromatic carbocycles. The highest BCUT2D eigenvalue weighted by molar-refractivity contribution is 5.92. The van der Waals surface area contributed by atoms with Crippen LogP contribution in [0.25, 0.3) is 78.6 Å². The second-order valence-corrected chi connectivity index (χ2v) is 16.6. The number of benzene rings is 3. The number of fused-ring (bicyclic) bond motifs is 6. The summed E-state index contributed by atoms with van der Waals surface area (Å²) in [7, 11) is 3.00. The molecule has 0 saturated heterocycles. The molecule has 0 saturated carbocycles. The molecule has 6 aromatic heterocycles. The smallest absolute Gasteiger partial charge is 0.481 e. The van der Waals surface area contributed by atoms with E-state index in [2.05, 4.69) is 45.0 Å². The molecule has 2 unspecified atom stereocenters. The Balaban J connectivity index is 0.748. The van der Waals surface area contributed by atoms with E-state index >= 15 is 0 Å². The second-order valence-electron chi connectivity index (χ2n) is 16.6. The zero-order valence-electron chi connectivity index (χ0n) is 36.1. The highest BCUT2D eigenvalue weighted by atomic mass is 19.4. The first kappa shape index (κ1) is 42.3. The Hall–Kier alpha value is -8.35. The van der Waals surface area contributed by atoms with Gasteiger partial charge in [-0.1, -0.05) is 10.3 Å². The summed E-state index contributed by atoms with van der Waals surface area (Å²) < 4.78 is 71.1. The number of esters is 2. The Kier molecular flexibility index (Phi) is 10.5. The lowest BCUT2D eigenvalue weighted by Gasteiger charge is -2.12. The number of nitrogens with one attached hydrogen (secondary N) is 2. The first-order chi connectivity index (χ1) is 32.9. The molecule has 0 fully saturated rings. The summed E-state index contributed by atoms with van der Waals surface area (Å²) in [6, 6.07) is 22.2. The first-order valence-electron chi connectivity index (χ1n) is 21.6. The molecule has 0 aliphatic heterocycles. The number of aromatic amines is 2. The van der Waals surface area contributed by atoms with Crippen LogP contribution in [0.3, 0.4) is 0 Å². The van der Waals surface area contributed by atoms with Crippen LogP contribution in [0.15, 0.2) is 100 Å². The normalized spacial score (nSPS) is 15.4. The van der Waals surface area contributed by atoms with E-state index in [1.807, 2.05) is 30.3 Å². The summed E-state index contributed by atoms with van der Waals surface area (Å²) >= 11 is 0. The molecule has 16 nitrogen and oxygen atoms in total. The van der Waals surface area contributed by atoms with E-state index in [9.17, 15) is 22.8 Å². The molecule has 2 aliphatic carbocycles. The highest BCUT2D eigenvalue weighted by Crippen LogP contribution is 2.43. The number of ether oxygens (including phenoxy) is 4. The third kappa shape index (κ3) is 8.15. The summed E-state index contributed by atoms with van der Waals surface area (Å²) in [5, 5.41) is 10.3. The van der Waals surface area contributed by atoms with Gasteiger partial charge in [0.25, 0.3) is 11.8 Å². The van der Waals surface area contributed by atoms with Gasteiger partial charge in [-0.25, -0.2) is 9.97 Å². The number of hydrogen-bond donors (Lipinski definition) is 2. The van der Waals surface area contributed by atoms with Gasteiger partial charge in [-0.15, -0.1) is 13.2 Å². The number of rotatable bonds is 12. The average Bonchev–Trinajstić information content (AvgIpc) is 4.21. The third-order valence-corrected chi connectivity index (χ3v) is 12.5. The van der Waals surface area contributed by atoms with Gasteiger partial charge in [0.2, 0.25) is 23.4 Å². The predicted molar refractivity (Wildman–Crippen MR) is 237 cm³/mol. The largest absolute Gasteiger partial charge is 0.573 e. The second kappa shape index (κ2) is 16.8. The number of aryl methyl sites for hydroxylation is 2. The van der Waals surface area contributed by atoms with Gasteiger partial charge in [0.15, 0.2) is 0 Å². The van der Waals surface area contributed by atoms with Crippen LogP contribution >= 0.6 is 0 Å². The predicted octanol–water partition coefficient (Wildman–Crippen LogP) is 10.1. The Labute approximate surface area is 382 Å². The molecule has 342 valence electrons. The van der Waals surface area contributed by atoms with Gasteiger partial charge in [0, 0.05) is 91.8 Å². The van der Waals surface area contributed by atoms with Crippen molar-refractivity contribution in [3.05, 3.63) is 114 Å². The van der Waals surface area contributed by atoms with Crippen LogP contribution in [-0.2, 0) is 27.2 Å². The van der Waals surface area contributed by atoms with Crippen LogP contribution < -0.4 is 14.2 Å². The Bertz CT molecular complexity index is 3390. The number of carbonyl (C=O) groups is 2. The maximum absolute atomic E-state index is 13.3. The van der Waals surface area contributed by atoms with Crippen molar-refractivity contribution in [3.8, 4) is 74.3 Å². The molecular weight excluding hydrogens is 886 g/mol. The van der Waals surface area contributed by atoms with E-state index in [0.717, 1.165) is 62.7 Å². The number of H-pyrrole nitrogens is 2. The van der Waals surface area contributed by atoms with Crippen molar-refractivity contribution in [2.75, 3.05) is 14.2 Å². The molecule has 0 radical (unpaired) electrons. The van der Waals surface area contributed by atoms with E-state index in [1.165, 1.54) is 25.4 Å². The molecular formula is C49H37F3N8O8. The van der Waals surface area contributed by atoms with Gasteiger partial charge in [-0.05, 0) is 109 Å². The van der Waals surface area contributed by atoms with Gasteiger partial charge < -0.3 is 38.0 Å². The number of hydrogen-bond acceptors (Lipinski definition) is 14. The lowest BCUT2D eigenvalue weighted by atomic mass is 10.0. The molecule has 9 aromatic rings. The van der Waals surface area contributed by atoms with Crippen molar-refractivity contribution >= 4 is 33.7 Å². The average molecular weight is 923 g/mol. The van der Waals surface area contributed by atoms with E-state index in [4.69, 9.17) is 23.3 Å². The summed E-state index contributed by atoms with van der Waals surface area (Å²) in [5.74, 6) is -0.186. The van der Waals surface area contributed by atoms with E-state index in [1.54, 1.807) is 49.7 Å². The molecule has 0 amide bonds. The van der Waals surface area contributed by atoms with Gasteiger partial charge in [0.1, 0.15) is 5.75 Å². The third-order valence-electron chi connectivity index (χ3n) is 12.5. The molecule has 6 heterocycles. The lowest BCUT2D eigenvalue weighted by molar-refractivity contribution is -0.274.